The van der Waals surface area contributed by atoms with E-state index in [0.29, 0.717) is 30.3 Å². The molecule has 1 aliphatic heterocycles. The van der Waals surface area contributed by atoms with Gasteiger partial charge in [0.1, 0.15) is 0 Å². The highest BCUT2D eigenvalue weighted by atomic mass is 16.2. The highest BCUT2D eigenvalue weighted by molar-refractivity contribution is 5.95. The first-order valence-corrected chi connectivity index (χ1v) is 10.3. The van der Waals surface area contributed by atoms with E-state index >= 15 is 0 Å². The Bertz CT molecular complexity index is 626. The summed E-state index contributed by atoms with van der Waals surface area (Å²) in [4.78, 5) is 26.5. The van der Waals surface area contributed by atoms with Crippen LogP contribution in [-0.2, 0) is 0 Å². The summed E-state index contributed by atoms with van der Waals surface area (Å²) >= 11 is 0. The van der Waals surface area contributed by atoms with Crippen LogP contribution >= 0.6 is 0 Å². The molecule has 3 amide bonds. The van der Waals surface area contributed by atoms with Crippen molar-refractivity contribution in [3.63, 3.8) is 0 Å². The third kappa shape index (κ3) is 5.70. The van der Waals surface area contributed by atoms with E-state index in [1.54, 1.807) is 24.3 Å². The topological polar surface area (TPSA) is 73.5 Å². The number of urea groups is 1. The summed E-state index contributed by atoms with van der Waals surface area (Å²) in [5, 5.41) is 8.60. The number of amides is 3. The van der Waals surface area contributed by atoms with Crippen LogP contribution in [0.1, 0.15) is 55.8 Å². The second-order valence-corrected chi connectivity index (χ2v) is 7.71. The number of likely N-dealkylation sites (tertiary alicyclic amines) is 1. The molecule has 3 N–H and O–H groups in total. The molecule has 3 rings (SSSR count). The summed E-state index contributed by atoms with van der Waals surface area (Å²) in [6.07, 6.45) is 7.97. The van der Waals surface area contributed by atoms with E-state index in [0.717, 1.165) is 19.0 Å². The normalized spacial score (nSPS) is 21.0. The Morgan fingerprint density at radius 2 is 1.78 bits per heavy atom. The molecule has 0 bridgehead atoms. The lowest BCUT2D eigenvalue weighted by Crippen LogP contribution is -2.37. The van der Waals surface area contributed by atoms with Gasteiger partial charge in [0.2, 0.25) is 0 Å². The Balaban J connectivity index is 1.39. The standard InChI is InChI=1S/C21H32N4O2/c1-2-22-20(26)17-8-10-18(11-9-17)24-21(27)23-14-16-12-13-25(15-16)19-6-4-3-5-7-19/h8-11,16,19H,2-7,12-15H2,1H3,(H,22,26)(H2,23,24,27)/t16-/m0/s1. The molecule has 0 aromatic heterocycles. The minimum atomic E-state index is -0.183. The fourth-order valence-electron chi connectivity index (χ4n) is 4.19. The maximum Gasteiger partial charge on any atom is 0.319 e. The number of hydrogen-bond acceptors (Lipinski definition) is 3. The first kappa shape index (κ1) is 19.7. The number of benzene rings is 1. The molecule has 2 aliphatic rings. The van der Waals surface area contributed by atoms with Crippen LogP contribution in [0, 0.1) is 5.92 Å². The highest BCUT2D eigenvalue weighted by Gasteiger charge is 2.29. The minimum absolute atomic E-state index is 0.0998. The van der Waals surface area contributed by atoms with E-state index in [-0.39, 0.29) is 11.9 Å². The van der Waals surface area contributed by atoms with Gasteiger partial charge < -0.3 is 20.9 Å². The quantitative estimate of drug-likeness (QED) is 0.718. The zero-order valence-corrected chi connectivity index (χ0v) is 16.3. The SMILES string of the molecule is CCNC(=O)c1ccc(NC(=O)NC[C@@H]2CCN(C3CCCCC3)C2)cc1. The smallest absolute Gasteiger partial charge is 0.319 e. The molecule has 1 aromatic carbocycles. The Hall–Kier alpha value is -2.08. The number of nitrogens with one attached hydrogen (secondary N) is 3. The van der Waals surface area contributed by atoms with Crippen LogP contribution in [0.3, 0.4) is 0 Å². The molecule has 2 fully saturated rings. The van der Waals surface area contributed by atoms with Crippen molar-refractivity contribution < 1.29 is 9.59 Å². The fourth-order valence-corrected chi connectivity index (χ4v) is 4.19. The van der Waals surface area contributed by atoms with Crippen LogP contribution in [0.5, 0.6) is 0 Å². The molecule has 148 valence electrons. The monoisotopic (exact) mass is 372 g/mol. The van der Waals surface area contributed by atoms with Gasteiger partial charge in [-0.25, -0.2) is 4.79 Å². The zero-order chi connectivity index (χ0) is 19.1. The van der Waals surface area contributed by atoms with Crippen molar-refractivity contribution in [1.29, 1.82) is 0 Å². The van der Waals surface area contributed by atoms with Crippen molar-refractivity contribution in [2.75, 3.05) is 31.5 Å². The summed E-state index contributed by atoms with van der Waals surface area (Å²) in [6.45, 7) is 5.47. The Labute approximate surface area is 162 Å². The highest BCUT2D eigenvalue weighted by Crippen LogP contribution is 2.27. The number of rotatable bonds is 6. The first-order valence-electron chi connectivity index (χ1n) is 10.3. The van der Waals surface area contributed by atoms with Crippen molar-refractivity contribution >= 4 is 17.6 Å². The molecular formula is C21H32N4O2. The van der Waals surface area contributed by atoms with Crippen molar-refractivity contribution in [2.45, 2.75) is 51.5 Å². The maximum absolute atomic E-state index is 12.2. The fraction of sp³-hybridized carbons (Fsp3) is 0.619. The van der Waals surface area contributed by atoms with Crippen LogP contribution < -0.4 is 16.0 Å². The molecule has 0 unspecified atom stereocenters. The summed E-state index contributed by atoms with van der Waals surface area (Å²) in [5.74, 6) is 0.440. The van der Waals surface area contributed by atoms with Gasteiger partial charge in [0, 0.05) is 36.9 Å². The van der Waals surface area contributed by atoms with Crippen molar-refractivity contribution in [2.24, 2.45) is 5.92 Å². The van der Waals surface area contributed by atoms with Gasteiger partial charge in [0.25, 0.3) is 5.91 Å². The van der Waals surface area contributed by atoms with Crippen LogP contribution in [0.25, 0.3) is 0 Å². The lowest BCUT2D eigenvalue weighted by atomic mass is 9.94. The molecule has 0 spiro atoms. The third-order valence-corrected chi connectivity index (χ3v) is 5.70. The number of carbonyl (C=O) groups is 2. The number of carbonyl (C=O) groups excluding carboxylic acids is 2. The molecule has 1 aromatic rings. The molecule has 1 atom stereocenters. The first-order chi connectivity index (χ1) is 13.2. The average molecular weight is 373 g/mol. The molecule has 6 nitrogen and oxygen atoms in total. The van der Waals surface area contributed by atoms with Gasteiger partial charge in [-0.2, -0.15) is 0 Å². The molecule has 0 radical (unpaired) electrons. The van der Waals surface area contributed by atoms with Crippen molar-refractivity contribution in [1.82, 2.24) is 15.5 Å². The summed E-state index contributed by atoms with van der Waals surface area (Å²) in [7, 11) is 0. The molecule has 1 aliphatic carbocycles. The second-order valence-electron chi connectivity index (χ2n) is 7.71. The lowest BCUT2D eigenvalue weighted by molar-refractivity contribution is 0.0956. The van der Waals surface area contributed by atoms with Gasteiger partial charge in [0.15, 0.2) is 0 Å². The van der Waals surface area contributed by atoms with Crippen molar-refractivity contribution in [3.05, 3.63) is 29.8 Å². The molecule has 1 saturated carbocycles. The molecule has 1 heterocycles. The predicted molar refractivity (Wildman–Crippen MR) is 108 cm³/mol. The second kappa shape index (κ2) is 9.74. The van der Waals surface area contributed by atoms with Gasteiger partial charge in [-0.15, -0.1) is 0 Å². The molecule has 6 heteroatoms. The molecule has 27 heavy (non-hydrogen) atoms. The maximum atomic E-state index is 12.2. The number of anilines is 1. The Morgan fingerprint density at radius 3 is 2.48 bits per heavy atom. The number of nitrogens with zero attached hydrogens (tertiary/aromatic N) is 1. The van der Waals surface area contributed by atoms with E-state index < -0.39 is 0 Å². The predicted octanol–water partition coefficient (Wildman–Crippen LogP) is 3.21. The minimum Gasteiger partial charge on any atom is -0.352 e. The third-order valence-electron chi connectivity index (χ3n) is 5.70. The van der Waals surface area contributed by atoms with Crippen LogP contribution in [0.2, 0.25) is 0 Å². The van der Waals surface area contributed by atoms with Gasteiger partial charge in [-0.3, -0.25) is 4.79 Å². The van der Waals surface area contributed by atoms with E-state index in [4.69, 9.17) is 0 Å². The lowest BCUT2D eigenvalue weighted by Gasteiger charge is -2.31. The van der Waals surface area contributed by atoms with Crippen LogP contribution in [-0.4, -0.2) is 49.1 Å². The number of hydrogen-bond donors (Lipinski definition) is 3. The summed E-state index contributed by atoms with van der Waals surface area (Å²) in [6, 6.07) is 7.53. The van der Waals surface area contributed by atoms with Crippen LogP contribution in [0.15, 0.2) is 24.3 Å². The average Bonchev–Trinajstić information content (AvgIpc) is 3.17. The van der Waals surface area contributed by atoms with Crippen molar-refractivity contribution in [3.8, 4) is 0 Å². The summed E-state index contributed by atoms with van der Waals surface area (Å²) < 4.78 is 0. The van der Waals surface area contributed by atoms with E-state index in [9.17, 15) is 9.59 Å². The van der Waals surface area contributed by atoms with E-state index in [1.807, 2.05) is 6.92 Å². The summed E-state index contributed by atoms with van der Waals surface area (Å²) in [5.41, 5.74) is 1.28. The van der Waals surface area contributed by atoms with Gasteiger partial charge in [0.05, 0.1) is 0 Å². The largest absolute Gasteiger partial charge is 0.352 e. The van der Waals surface area contributed by atoms with E-state index in [2.05, 4.69) is 20.9 Å². The molecular weight excluding hydrogens is 340 g/mol. The van der Waals surface area contributed by atoms with E-state index in [1.165, 1.54) is 38.6 Å². The van der Waals surface area contributed by atoms with Gasteiger partial charge in [-0.1, -0.05) is 19.3 Å². The Morgan fingerprint density at radius 1 is 1.04 bits per heavy atom. The van der Waals surface area contributed by atoms with Gasteiger partial charge in [-0.05, 0) is 62.9 Å². The van der Waals surface area contributed by atoms with Gasteiger partial charge >= 0.3 is 6.03 Å². The molecule has 1 saturated heterocycles. The zero-order valence-electron chi connectivity index (χ0n) is 16.3. The van der Waals surface area contributed by atoms with Crippen LogP contribution in [0.4, 0.5) is 10.5 Å². The Kier molecular flexibility index (Phi) is 7.10.